The summed E-state index contributed by atoms with van der Waals surface area (Å²) in [4.78, 5) is 25.0. The third kappa shape index (κ3) is 6.25. The number of aliphatic hydroxyl groups excluding tert-OH is 1. The summed E-state index contributed by atoms with van der Waals surface area (Å²) >= 11 is 1.33. The summed E-state index contributed by atoms with van der Waals surface area (Å²) in [5, 5.41) is 16.8. The van der Waals surface area contributed by atoms with Crippen LogP contribution >= 0.6 is 11.3 Å². The Kier molecular flexibility index (Phi) is 8.15. The summed E-state index contributed by atoms with van der Waals surface area (Å²) in [7, 11) is 4.00. The van der Waals surface area contributed by atoms with E-state index < -0.39 is 5.82 Å². The fourth-order valence-corrected chi connectivity index (χ4v) is 5.29. The molecule has 3 aromatic rings. The number of thiophene rings is 1. The van der Waals surface area contributed by atoms with Crippen molar-refractivity contribution in [2.24, 2.45) is 0 Å². The second-order valence-electron chi connectivity index (χ2n) is 9.19. The lowest BCUT2D eigenvalue weighted by Crippen LogP contribution is -2.26. The molecule has 1 saturated carbocycles. The molecule has 3 N–H and O–H groups in total. The smallest absolute Gasteiger partial charge is 0.261 e. The fourth-order valence-electron chi connectivity index (χ4n) is 4.23. The van der Waals surface area contributed by atoms with Gasteiger partial charge in [-0.3, -0.25) is 4.79 Å². The number of nitrogens with zero attached hydrogens (tertiary/aromatic N) is 3. The number of halogens is 1. The first-order chi connectivity index (χ1) is 16.8. The van der Waals surface area contributed by atoms with Crippen LogP contribution in [0.4, 0.5) is 15.9 Å². The maximum absolute atomic E-state index is 14.1. The molecule has 0 spiro atoms. The Morgan fingerprint density at radius 3 is 2.77 bits per heavy atom. The minimum absolute atomic E-state index is 0.0863. The van der Waals surface area contributed by atoms with Gasteiger partial charge in [0.1, 0.15) is 28.5 Å². The van der Waals surface area contributed by atoms with E-state index in [1.54, 1.807) is 6.07 Å². The number of fused-ring (bicyclic) bond motifs is 1. The Balaban J connectivity index is 1.55. The van der Waals surface area contributed by atoms with Crippen LogP contribution in [0.3, 0.4) is 0 Å². The lowest BCUT2D eigenvalue weighted by atomic mass is 9.95. The average molecular weight is 502 g/mol. The molecule has 35 heavy (non-hydrogen) atoms. The lowest BCUT2D eigenvalue weighted by molar-refractivity contribution is 0.0668. The number of anilines is 2. The number of ether oxygens (including phenoxy) is 1. The molecule has 2 heterocycles. The lowest BCUT2D eigenvalue weighted by Gasteiger charge is -2.27. The third-order valence-corrected chi connectivity index (χ3v) is 7.33. The predicted molar refractivity (Wildman–Crippen MR) is 136 cm³/mol. The van der Waals surface area contributed by atoms with Gasteiger partial charge in [-0.05, 0) is 77.4 Å². The first kappa shape index (κ1) is 25.3. The van der Waals surface area contributed by atoms with Gasteiger partial charge < -0.3 is 25.4 Å². The van der Waals surface area contributed by atoms with Gasteiger partial charge in [-0.1, -0.05) is 0 Å². The standard InChI is InChI=1S/C25H32FN5O3S/c1-15-21-23(28-14-29-25(21)35-22(15)24(33)27-11-4-12-31(2)3)30-19-10-5-16(26)13-20(19)34-18-8-6-17(32)7-9-18/h5,10,13-14,17-18,32H,4,6-9,11-12H2,1-3H3,(H,27,33)(H,28,29,30)/t17-,18-. The number of carbonyl (C=O) groups excluding carboxylic acids is 1. The molecule has 2 aromatic heterocycles. The van der Waals surface area contributed by atoms with Gasteiger partial charge in [-0.25, -0.2) is 14.4 Å². The van der Waals surface area contributed by atoms with Gasteiger partial charge in [-0.15, -0.1) is 11.3 Å². The first-order valence-electron chi connectivity index (χ1n) is 11.9. The van der Waals surface area contributed by atoms with Crippen molar-refractivity contribution < 1.29 is 19.0 Å². The minimum Gasteiger partial charge on any atom is -0.488 e. The van der Waals surface area contributed by atoms with Gasteiger partial charge in [0.2, 0.25) is 0 Å². The first-order valence-corrected chi connectivity index (χ1v) is 12.7. The largest absolute Gasteiger partial charge is 0.488 e. The summed E-state index contributed by atoms with van der Waals surface area (Å²) in [6, 6.07) is 4.35. The summed E-state index contributed by atoms with van der Waals surface area (Å²) in [5.41, 5.74) is 1.38. The Hall–Kier alpha value is -2.82. The number of aliphatic hydroxyl groups is 1. The van der Waals surface area contributed by atoms with Crippen molar-refractivity contribution in [3.63, 3.8) is 0 Å². The topological polar surface area (TPSA) is 99.6 Å². The molecule has 0 bridgehead atoms. The highest BCUT2D eigenvalue weighted by molar-refractivity contribution is 7.20. The SMILES string of the molecule is Cc1c(C(=O)NCCCN(C)C)sc2ncnc(Nc3ccc(F)cc3O[C@H]3CC[C@H](O)CC3)c12. The Morgan fingerprint density at radius 1 is 1.26 bits per heavy atom. The van der Waals surface area contributed by atoms with Crippen molar-refractivity contribution >= 4 is 39.0 Å². The molecule has 8 nitrogen and oxygen atoms in total. The number of rotatable bonds is 9. The van der Waals surface area contributed by atoms with E-state index in [0.717, 1.165) is 23.9 Å². The molecular formula is C25H32FN5O3S. The molecule has 0 unspecified atom stereocenters. The van der Waals surface area contributed by atoms with E-state index in [1.807, 2.05) is 21.0 Å². The third-order valence-electron chi connectivity index (χ3n) is 6.13. The highest BCUT2D eigenvalue weighted by Crippen LogP contribution is 2.37. The van der Waals surface area contributed by atoms with Crippen LogP contribution in [0.2, 0.25) is 0 Å². The molecule has 1 aromatic carbocycles. The predicted octanol–water partition coefficient (Wildman–Crippen LogP) is 4.25. The van der Waals surface area contributed by atoms with E-state index >= 15 is 0 Å². The molecule has 1 aliphatic carbocycles. The van der Waals surface area contributed by atoms with Crippen LogP contribution in [0.5, 0.6) is 5.75 Å². The number of carbonyl (C=O) groups is 1. The maximum atomic E-state index is 14.1. The number of aryl methyl sites for hydroxylation is 1. The molecule has 1 fully saturated rings. The molecule has 1 aliphatic rings. The molecule has 1 amide bonds. The van der Waals surface area contributed by atoms with Crippen molar-refractivity contribution in [3.8, 4) is 5.75 Å². The van der Waals surface area contributed by atoms with Gasteiger partial charge in [0.05, 0.1) is 28.2 Å². The molecule has 0 aliphatic heterocycles. The van der Waals surface area contributed by atoms with Crippen LogP contribution in [-0.2, 0) is 0 Å². The molecule has 0 saturated heterocycles. The molecule has 0 radical (unpaired) electrons. The van der Waals surface area contributed by atoms with Gasteiger partial charge in [0, 0.05) is 12.6 Å². The molecule has 4 rings (SSSR count). The van der Waals surface area contributed by atoms with E-state index in [9.17, 15) is 14.3 Å². The van der Waals surface area contributed by atoms with E-state index in [2.05, 4.69) is 25.5 Å². The Bertz CT molecular complexity index is 1180. The van der Waals surface area contributed by atoms with Gasteiger partial charge in [-0.2, -0.15) is 0 Å². The second-order valence-corrected chi connectivity index (χ2v) is 10.2. The van der Waals surface area contributed by atoms with Crippen molar-refractivity contribution in [1.82, 2.24) is 20.2 Å². The van der Waals surface area contributed by atoms with Crippen LogP contribution in [0.1, 0.15) is 47.3 Å². The quantitative estimate of drug-likeness (QED) is 0.377. The van der Waals surface area contributed by atoms with Crippen molar-refractivity contribution in [3.05, 3.63) is 40.8 Å². The Labute approximate surface area is 208 Å². The van der Waals surface area contributed by atoms with Crippen LogP contribution in [-0.4, -0.2) is 65.3 Å². The number of hydrogen-bond acceptors (Lipinski definition) is 8. The summed E-state index contributed by atoms with van der Waals surface area (Å²) in [5.74, 6) is 0.408. The summed E-state index contributed by atoms with van der Waals surface area (Å²) < 4.78 is 20.2. The summed E-state index contributed by atoms with van der Waals surface area (Å²) in [6.07, 6.45) is 4.70. The maximum Gasteiger partial charge on any atom is 0.261 e. The number of aromatic nitrogens is 2. The fraction of sp³-hybridized carbons (Fsp3) is 0.480. The van der Waals surface area contributed by atoms with E-state index in [1.165, 1.54) is 29.8 Å². The van der Waals surface area contributed by atoms with E-state index in [0.29, 0.717) is 59.2 Å². The number of amides is 1. The number of benzene rings is 1. The number of nitrogens with one attached hydrogen (secondary N) is 2. The zero-order valence-corrected chi connectivity index (χ0v) is 21.1. The highest BCUT2D eigenvalue weighted by atomic mass is 32.1. The van der Waals surface area contributed by atoms with Crippen molar-refractivity contribution in [2.45, 2.75) is 51.2 Å². The summed E-state index contributed by atoms with van der Waals surface area (Å²) in [6.45, 7) is 3.38. The molecule has 188 valence electrons. The Morgan fingerprint density at radius 2 is 2.03 bits per heavy atom. The highest BCUT2D eigenvalue weighted by Gasteiger charge is 2.23. The average Bonchev–Trinajstić information content (AvgIpc) is 3.17. The van der Waals surface area contributed by atoms with Crippen LogP contribution in [0.25, 0.3) is 10.2 Å². The normalized spacial score (nSPS) is 18.1. The van der Waals surface area contributed by atoms with Crippen LogP contribution in [0, 0.1) is 12.7 Å². The van der Waals surface area contributed by atoms with Crippen molar-refractivity contribution in [1.29, 1.82) is 0 Å². The second kappa shape index (κ2) is 11.3. The molecular weight excluding hydrogens is 469 g/mol. The van der Waals surface area contributed by atoms with Gasteiger partial charge in [0.25, 0.3) is 5.91 Å². The zero-order chi connectivity index (χ0) is 24.9. The number of hydrogen-bond donors (Lipinski definition) is 3. The van der Waals surface area contributed by atoms with Gasteiger partial charge in [0.15, 0.2) is 0 Å². The van der Waals surface area contributed by atoms with E-state index in [4.69, 9.17) is 4.74 Å². The zero-order valence-electron chi connectivity index (χ0n) is 20.3. The van der Waals surface area contributed by atoms with Gasteiger partial charge >= 0.3 is 0 Å². The monoisotopic (exact) mass is 501 g/mol. The molecule has 10 heteroatoms. The van der Waals surface area contributed by atoms with E-state index in [-0.39, 0.29) is 18.1 Å². The minimum atomic E-state index is -0.394. The van der Waals surface area contributed by atoms with Crippen LogP contribution < -0.4 is 15.4 Å². The molecule has 0 atom stereocenters. The van der Waals surface area contributed by atoms with Crippen molar-refractivity contribution in [2.75, 3.05) is 32.5 Å². The van der Waals surface area contributed by atoms with Crippen LogP contribution in [0.15, 0.2) is 24.5 Å².